The molecule has 0 spiro atoms. The molecule has 0 aromatic rings. The normalized spacial score (nSPS) is 19.9. The first-order valence-electron chi connectivity index (χ1n) is 5.28. The first-order valence-corrected chi connectivity index (χ1v) is 5.28. The van der Waals surface area contributed by atoms with E-state index >= 15 is 0 Å². The van der Waals surface area contributed by atoms with Crippen LogP contribution in [0.15, 0.2) is 71.8 Å². The SMILES string of the molecule is CN1C=CC(=C/C=C2\C=CC(=O)C(O)=C2)C=C1.I. The molecule has 0 unspecified atom stereocenters. The van der Waals surface area contributed by atoms with E-state index in [0.29, 0.717) is 0 Å². The molecule has 94 valence electrons. The predicted molar refractivity (Wildman–Crippen MR) is 82.5 cm³/mol. The van der Waals surface area contributed by atoms with Gasteiger partial charge >= 0.3 is 0 Å². The first-order chi connectivity index (χ1) is 8.15. The molecule has 4 heteroatoms. The van der Waals surface area contributed by atoms with Gasteiger partial charge in [0.15, 0.2) is 5.76 Å². The molecule has 2 rings (SSSR count). The molecule has 0 saturated heterocycles. The minimum absolute atomic E-state index is 0. The van der Waals surface area contributed by atoms with Crippen molar-refractivity contribution in [1.82, 2.24) is 4.90 Å². The third kappa shape index (κ3) is 3.73. The number of carbonyl (C=O) groups is 1. The second-order valence-electron chi connectivity index (χ2n) is 3.86. The van der Waals surface area contributed by atoms with Crippen molar-refractivity contribution in [2.75, 3.05) is 7.05 Å². The fraction of sp³-hybridized carbons (Fsp3) is 0.0714. The van der Waals surface area contributed by atoms with E-state index < -0.39 is 0 Å². The molecule has 0 atom stereocenters. The molecule has 0 fully saturated rings. The molecule has 1 N–H and O–H groups in total. The molecule has 0 amide bonds. The van der Waals surface area contributed by atoms with Crippen molar-refractivity contribution < 1.29 is 9.90 Å². The summed E-state index contributed by atoms with van der Waals surface area (Å²) < 4.78 is 0. The Hall–Kier alpha value is -1.56. The molecule has 0 bridgehead atoms. The van der Waals surface area contributed by atoms with Crippen molar-refractivity contribution in [2.24, 2.45) is 0 Å². The molecular weight excluding hydrogens is 341 g/mol. The summed E-state index contributed by atoms with van der Waals surface area (Å²) in [5, 5.41) is 9.28. The van der Waals surface area contributed by atoms with E-state index in [1.807, 2.05) is 48.7 Å². The van der Waals surface area contributed by atoms with Crippen LogP contribution < -0.4 is 0 Å². The van der Waals surface area contributed by atoms with Crippen LogP contribution in [0.4, 0.5) is 0 Å². The summed E-state index contributed by atoms with van der Waals surface area (Å²) in [5.74, 6) is -0.569. The highest BCUT2D eigenvalue weighted by atomic mass is 127. The predicted octanol–water partition coefficient (Wildman–Crippen LogP) is 3.01. The second-order valence-corrected chi connectivity index (χ2v) is 3.86. The molecule has 0 saturated carbocycles. The molecule has 18 heavy (non-hydrogen) atoms. The number of hydrogen-bond donors (Lipinski definition) is 1. The van der Waals surface area contributed by atoms with Gasteiger partial charge in [0.2, 0.25) is 5.78 Å². The third-order valence-corrected chi connectivity index (χ3v) is 2.46. The highest BCUT2D eigenvalue weighted by Gasteiger charge is 2.08. The van der Waals surface area contributed by atoms with E-state index in [2.05, 4.69) is 0 Å². The monoisotopic (exact) mass is 355 g/mol. The smallest absolute Gasteiger partial charge is 0.220 e. The van der Waals surface area contributed by atoms with E-state index in [0.717, 1.165) is 11.1 Å². The number of carbonyl (C=O) groups excluding carboxylic acids is 1. The molecule has 2 aliphatic rings. The molecule has 1 heterocycles. The van der Waals surface area contributed by atoms with Crippen LogP contribution in [0.1, 0.15) is 0 Å². The fourth-order valence-corrected chi connectivity index (χ4v) is 1.45. The number of aliphatic hydroxyl groups excluding tert-OH is 1. The lowest BCUT2D eigenvalue weighted by molar-refractivity contribution is -0.113. The number of rotatable bonds is 1. The maximum atomic E-state index is 11.0. The van der Waals surface area contributed by atoms with Crippen LogP contribution in [0.5, 0.6) is 0 Å². The Morgan fingerprint density at radius 2 is 1.67 bits per heavy atom. The molecule has 1 aliphatic carbocycles. The number of hydrogen-bond acceptors (Lipinski definition) is 3. The molecular formula is C14H14INO2. The zero-order valence-electron chi connectivity index (χ0n) is 9.91. The third-order valence-electron chi connectivity index (χ3n) is 2.46. The fourth-order valence-electron chi connectivity index (χ4n) is 1.45. The summed E-state index contributed by atoms with van der Waals surface area (Å²) in [7, 11) is 1.96. The van der Waals surface area contributed by atoms with Gasteiger partial charge in [-0.25, -0.2) is 0 Å². The lowest BCUT2D eigenvalue weighted by Crippen LogP contribution is -2.03. The standard InChI is InChI=1S/C14H13NO2.HI/c1-15-8-6-11(7-9-15)2-3-12-4-5-13(16)14(17)10-12;/h2-10,17H,1H3;1H/b12-3+;. The van der Waals surface area contributed by atoms with E-state index in [4.69, 9.17) is 0 Å². The van der Waals surface area contributed by atoms with Crippen LogP contribution in [0.25, 0.3) is 0 Å². The van der Waals surface area contributed by atoms with Crippen molar-refractivity contribution in [3.63, 3.8) is 0 Å². The van der Waals surface area contributed by atoms with Gasteiger partial charge in [0.25, 0.3) is 0 Å². The summed E-state index contributed by atoms with van der Waals surface area (Å²) in [6, 6.07) is 0. The van der Waals surface area contributed by atoms with Crippen molar-refractivity contribution in [2.45, 2.75) is 0 Å². The summed E-state index contributed by atoms with van der Waals surface area (Å²) in [6.07, 6.45) is 16.2. The van der Waals surface area contributed by atoms with Crippen LogP contribution in [0.2, 0.25) is 0 Å². The van der Waals surface area contributed by atoms with Crippen LogP contribution in [-0.4, -0.2) is 22.8 Å². The quantitative estimate of drug-likeness (QED) is 0.736. The topological polar surface area (TPSA) is 40.5 Å². The van der Waals surface area contributed by atoms with Gasteiger partial charge in [-0.1, -0.05) is 18.2 Å². The number of ketones is 1. The first kappa shape index (κ1) is 14.5. The Balaban J connectivity index is 0.00000162. The van der Waals surface area contributed by atoms with Crippen LogP contribution in [0, 0.1) is 0 Å². The summed E-state index contributed by atoms with van der Waals surface area (Å²) in [4.78, 5) is 13.0. The highest BCUT2D eigenvalue weighted by molar-refractivity contribution is 14.0. The minimum Gasteiger partial charge on any atom is -0.504 e. The summed E-state index contributed by atoms with van der Waals surface area (Å²) in [6.45, 7) is 0. The molecule has 1 aliphatic heterocycles. The van der Waals surface area contributed by atoms with Gasteiger partial charge in [-0.3, -0.25) is 4.79 Å². The summed E-state index contributed by atoms with van der Waals surface area (Å²) >= 11 is 0. The average Bonchev–Trinajstić information content (AvgIpc) is 2.33. The van der Waals surface area contributed by atoms with Crippen molar-refractivity contribution in [3.8, 4) is 0 Å². The Morgan fingerprint density at radius 3 is 2.28 bits per heavy atom. The Bertz CT molecular complexity index is 506. The molecule has 0 radical (unpaired) electrons. The number of aliphatic hydroxyl groups is 1. The van der Waals surface area contributed by atoms with E-state index in [9.17, 15) is 9.90 Å². The molecule has 0 aromatic heterocycles. The lowest BCUT2D eigenvalue weighted by atomic mass is 10.1. The average molecular weight is 355 g/mol. The van der Waals surface area contributed by atoms with Crippen LogP contribution in [-0.2, 0) is 4.79 Å². The van der Waals surface area contributed by atoms with Gasteiger partial charge in [-0.15, -0.1) is 24.0 Å². The van der Waals surface area contributed by atoms with Crippen molar-refractivity contribution in [1.29, 1.82) is 0 Å². The highest BCUT2D eigenvalue weighted by Crippen LogP contribution is 2.13. The summed E-state index contributed by atoms with van der Waals surface area (Å²) in [5.41, 5.74) is 1.86. The van der Waals surface area contributed by atoms with E-state index in [1.165, 1.54) is 12.2 Å². The second kappa shape index (κ2) is 6.39. The maximum Gasteiger partial charge on any atom is 0.220 e. The molecule has 3 nitrogen and oxygen atoms in total. The number of nitrogens with zero attached hydrogens (tertiary/aromatic N) is 1. The van der Waals surface area contributed by atoms with Gasteiger partial charge in [0.1, 0.15) is 0 Å². The van der Waals surface area contributed by atoms with Crippen LogP contribution >= 0.6 is 24.0 Å². The van der Waals surface area contributed by atoms with Gasteiger partial charge < -0.3 is 10.0 Å². The number of halogens is 1. The molecule has 0 aromatic carbocycles. The van der Waals surface area contributed by atoms with Gasteiger partial charge in [-0.2, -0.15) is 0 Å². The van der Waals surface area contributed by atoms with Crippen LogP contribution in [0.3, 0.4) is 0 Å². The zero-order chi connectivity index (χ0) is 12.3. The van der Waals surface area contributed by atoms with Crippen molar-refractivity contribution >= 4 is 29.8 Å². The lowest BCUT2D eigenvalue weighted by Gasteiger charge is -2.11. The Labute approximate surface area is 123 Å². The van der Waals surface area contributed by atoms with Gasteiger partial charge in [-0.05, 0) is 35.5 Å². The zero-order valence-corrected chi connectivity index (χ0v) is 12.2. The minimum atomic E-state index is -0.353. The number of allylic oxidation sites excluding steroid dienone is 9. The maximum absolute atomic E-state index is 11.0. The Morgan fingerprint density at radius 1 is 1.06 bits per heavy atom. The van der Waals surface area contributed by atoms with Gasteiger partial charge in [0.05, 0.1) is 0 Å². The Kier molecular flexibility index (Phi) is 5.15. The van der Waals surface area contributed by atoms with Gasteiger partial charge in [0, 0.05) is 19.4 Å². The van der Waals surface area contributed by atoms with E-state index in [-0.39, 0.29) is 35.5 Å². The largest absolute Gasteiger partial charge is 0.504 e. The van der Waals surface area contributed by atoms with Crippen molar-refractivity contribution in [3.05, 3.63) is 71.8 Å². The van der Waals surface area contributed by atoms with E-state index in [1.54, 1.807) is 6.08 Å².